The highest BCUT2D eigenvalue weighted by Gasteiger charge is 2.11. The zero-order valence-electron chi connectivity index (χ0n) is 12.1. The second kappa shape index (κ2) is 6.06. The van der Waals surface area contributed by atoms with Crippen molar-refractivity contribution in [1.29, 1.82) is 0 Å². The Morgan fingerprint density at radius 3 is 2.45 bits per heavy atom. The molecule has 0 saturated carbocycles. The molecule has 0 amide bonds. The zero-order valence-corrected chi connectivity index (χ0v) is 12.1. The number of nitrogens with two attached hydrogens (primary N) is 1. The topological polar surface area (TPSA) is 35.2 Å². The fourth-order valence-corrected chi connectivity index (χ4v) is 2.19. The summed E-state index contributed by atoms with van der Waals surface area (Å²) in [5.41, 5.74) is 8.78. The van der Waals surface area contributed by atoms with Gasteiger partial charge in [0.25, 0.3) is 0 Å². The predicted octanol–water partition coefficient (Wildman–Crippen LogP) is 3.97. The average Bonchev–Trinajstić information content (AvgIpc) is 2.36. The van der Waals surface area contributed by atoms with Gasteiger partial charge in [0.1, 0.15) is 11.6 Å². The van der Waals surface area contributed by atoms with Gasteiger partial charge in [0, 0.05) is 0 Å². The van der Waals surface area contributed by atoms with Crippen LogP contribution >= 0.6 is 0 Å². The predicted molar refractivity (Wildman–Crippen MR) is 79.4 cm³/mol. The highest BCUT2D eigenvalue weighted by Crippen LogP contribution is 2.25. The van der Waals surface area contributed by atoms with Gasteiger partial charge in [0.2, 0.25) is 0 Å². The minimum atomic E-state index is -0.361. The van der Waals surface area contributed by atoms with Gasteiger partial charge in [0.05, 0.1) is 12.1 Å². The minimum absolute atomic E-state index is 0.109. The van der Waals surface area contributed by atoms with E-state index < -0.39 is 0 Å². The van der Waals surface area contributed by atoms with Crippen molar-refractivity contribution < 1.29 is 9.13 Å². The summed E-state index contributed by atoms with van der Waals surface area (Å²) < 4.78 is 19.1. The summed E-state index contributed by atoms with van der Waals surface area (Å²) in [4.78, 5) is 0. The highest BCUT2D eigenvalue weighted by atomic mass is 19.1. The quantitative estimate of drug-likeness (QED) is 0.914. The van der Waals surface area contributed by atoms with Crippen LogP contribution in [0.2, 0.25) is 0 Å². The molecule has 0 saturated heterocycles. The first-order valence-corrected chi connectivity index (χ1v) is 6.75. The van der Waals surface area contributed by atoms with E-state index in [4.69, 9.17) is 10.5 Å². The molecule has 0 aliphatic carbocycles. The van der Waals surface area contributed by atoms with E-state index in [9.17, 15) is 4.39 Å². The Hall–Kier alpha value is -1.87. The van der Waals surface area contributed by atoms with Crippen molar-refractivity contribution in [3.05, 3.63) is 65.0 Å². The number of halogens is 1. The van der Waals surface area contributed by atoms with E-state index in [1.165, 1.54) is 12.1 Å². The van der Waals surface area contributed by atoms with Crippen LogP contribution < -0.4 is 10.5 Å². The maximum Gasteiger partial charge on any atom is 0.123 e. The molecule has 0 aliphatic rings. The smallest absolute Gasteiger partial charge is 0.123 e. The molecule has 20 heavy (non-hydrogen) atoms. The summed E-state index contributed by atoms with van der Waals surface area (Å²) in [5, 5.41) is 0. The van der Waals surface area contributed by atoms with Gasteiger partial charge >= 0.3 is 0 Å². The van der Waals surface area contributed by atoms with E-state index in [2.05, 4.69) is 0 Å². The maximum atomic E-state index is 13.5. The molecule has 0 radical (unpaired) electrons. The van der Waals surface area contributed by atoms with Crippen LogP contribution in [0.3, 0.4) is 0 Å². The molecule has 2 aromatic rings. The molecule has 0 aliphatic heterocycles. The molecule has 2 N–H and O–H groups in total. The van der Waals surface area contributed by atoms with E-state index in [1.54, 1.807) is 0 Å². The summed E-state index contributed by atoms with van der Waals surface area (Å²) in [5.74, 6) is 0.520. The molecule has 2 rings (SSSR count). The number of benzene rings is 2. The summed E-state index contributed by atoms with van der Waals surface area (Å²) in [7, 11) is 0. The lowest BCUT2D eigenvalue weighted by molar-refractivity contribution is 0.242. The lowest BCUT2D eigenvalue weighted by atomic mass is 9.98. The van der Waals surface area contributed by atoms with Crippen LogP contribution in [0.5, 0.6) is 5.75 Å². The number of ether oxygens (including phenoxy) is 1. The van der Waals surface area contributed by atoms with Gasteiger partial charge in [-0.2, -0.15) is 0 Å². The van der Waals surface area contributed by atoms with E-state index in [0.29, 0.717) is 0 Å². The van der Waals surface area contributed by atoms with Crippen molar-refractivity contribution in [1.82, 2.24) is 0 Å². The first-order valence-electron chi connectivity index (χ1n) is 6.75. The monoisotopic (exact) mass is 273 g/mol. The summed E-state index contributed by atoms with van der Waals surface area (Å²) >= 11 is 0. The summed E-state index contributed by atoms with van der Waals surface area (Å²) in [6, 6.07) is 12.2. The second-order valence-electron chi connectivity index (χ2n) is 5.28. The standard InChI is InChI=1S/C17H20FNO/c1-11(2)20-16-6-4-5-13(10-16)17(19)14-7-12(3)8-15(18)9-14/h4-11,17H,19H2,1-3H3. The van der Waals surface area contributed by atoms with Crippen LogP contribution in [0.4, 0.5) is 4.39 Å². The van der Waals surface area contributed by atoms with E-state index in [1.807, 2.05) is 51.1 Å². The first-order chi connectivity index (χ1) is 9.45. The van der Waals surface area contributed by atoms with Crippen molar-refractivity contribution in [3.63, 3.8) is 0 Å². The number of rotatable bonds is 4. The van der Waals surface area contributed by atoms with Crippen molar-refractivity contribution >= 4 is 0 Å². The molecule has 2 nitrogen and oxygen atoms in total. The minimum Gasteiger partial charge on any atom is -0.491 e. The third-order valence-electron chi connectivity index (χ3n) is 3.01. The van der Waals surface area contributed by atoms with E-state index in [-0.39, 0.29) is 18.0 Å². The van der Waals surface area contributed by atoms with Crippen LogP contribution in [-0.2, 0) is 0 Å². The van der Waals surface area contributed by atoms with Crippen LogP contribution in [0, 0.1) is 12.7 Å². The normalized spacial score (nSPS) is 12.5. The molecular formula is C17H20FNO. The number of hydrogen-bond acceptors (Lipinski definition) is 2. The molecule has 1 atom stereocenters. The van der Waals surface area contributed by atoms with Crippen LogP contribution in [0.1, 0.15) is 36.6 Å². The largest absolute Gasteiger partial charge is 0.491 e. The molecule has 0 spiro atoms. The molecule has 0 fully saturated rings. The Labute approximate surface area is 119 Å². The molecule has 0 aromatic heterocycles. The van der Waals surface area contributed by atoms with Crippen LogP contribution in [0.25, 0.3) is 0 Å². The average molecular weight is 273 g/mol. The molecule has 3 heteroatoms. The molecule has 106 valence electrons. The second-order valence-corrected chi connectivity index (χ2v) is 5.28. The Kier molecular flexibility index (Phi) is 4.40. The summed E-state index contributed by atoms with van der Waals surface area (Å²) in [6.45, 7) is 5.81. The van der Waals surface area contributed by atoms with Crippen molar-refractivity contribution in [2.24, 2.45) is 5.73 Å². The molecule has 0 heterocycles. The highest BCUT2D eigenvalue weighted by molar-refractivity contribution is 5.37. The van der Waals surface area contributed by atoms with Crippen LogP contribution in [0.15, 0.2) is 42.5 Å². The fraction of sp³-hybridized carbons (Fsp3) is 0.294. The van der Waals surface area contributed by atoms with E-state index >= 15 is 0 Å². The Morgan fingerprint density at radius 1 is 1.05 bits per heavy atom. The number of aryl methyl sites for hydroxylation is 1. The molecule has 0 bridgehead atoms. The lowest BCUT2D eigenvalue weighted by Gasteiger charge is -2.16. The molecule has 1 unspecified atom stereocenters. The third kappa shape index (κ3) is 3.58. The van der Waals surface area contributed by atoms with E-state index in [0.717, 1.165) is 22.4 Å². The lowest BCUT2D eigenvalue weighted by Crippen LogP contribution is -2.13. The van der Waals surface area contributed by atoms with Crippen molar-refractivity contribution in [3.8, 4) is 5.75 Å². The molecule has 2 aromatic carbocycles. The SMILES string of the molecule is Cc1cc(F)cc(C(N)c2cccc(OC(C)C)c2)c1. The van der Waals surface area contributed by atoms with Gasteiger partial charge in [-0.05, 0) is 61.7 Å². The maximum absolute atomic E-state index is 13.5. The third-order valence-corrected chi connectivity index (χ3v) is 3.01. The van der Waals surface area contributed by atoms with Crippen molar-refractivity contribution in [2.45, 2.75) is 32.9 Å². The van der Waals surface area contributed by atoms with Crippen LogP contribution in [-0.4, -0.2) is 6.10 Å². The Balaban J connectivity index is 2.30. The van der Waals surface area contributed by atoms with Gasteiger partial charge in [-0.25, -0.2) is 4.39 Å². The zero-order chi connectivity index (χ0) is 14.7. The Morgan fingerprint density at radius 2 is 1.80 bits per heavy atom. The fourth-order valence-electron chi connectivity index (χ4n) is 2.19. The van der Waals surface area contributed by atoms with Crippen molar-refractivity contribution in [2.75, 3.05) is 0 Å². The number of hydrogen-bond donors (Lipinski definition) is 1. The van der Waals surface area contributed by atoms with Gasteiger partial charge in [-0.15, -0.1) is 0 Å². The van der Waals surface area contributed by atoms with Gasteiger partial charge in [-0.1, -0.05) is 18.2 Å². The van der Waals surface area contributed by atoms with Gasteiger partial charge in [0.15, 0.2) is 0 Å². The first kappa shape index (κ1) is 14.5. The van der Waals surface area contributed by atoms with Gasteiger partial charge in [-0.3, -0.25) is 0 Å². The molecular weight excluding hydrogens is 253 g/mol. The summed E-state index contributed by atoms with van der Waals surface area (Å²) in [6.07, 6.45) is 0.109. The Bertz CT molecular complexity index is 575. The van der Waals surface area contributed by atoms with Gasteiger partial charge < -0.3 is 10.5 Å².